The van der Waals surface area contributed by atoms with Gasteiger partial charge in [0.05, 0.1) is 4.47 Å². The highest BCUT2D eigenvalue weighted by Crippen LogP contribution is 2.21. The van der Waals surface area contributed by atoms with Crippen LogP contribution in [0.15, 0.2) is 16.7 Å². The van der Waals surface area contributed by atoms with Crippen molar-refractivity contribution in [2.45, 2.75) is 33.3 Å². The van der Waals surface area contributed by atoms with Crippen molar-refractivity contribution in [3.63, 3.8) is 0 Å². The summed E-state index contributed by atoms with van der Waals surface area (Å²) in [6.45, 7) is 7.35. The Hall–Kier alpha value is -1.10. The van der Waals surface area contributed by atoms with Crippen molar-refractivity contribution in [2.75, 3.05) is 5.32 Å². The summed E-state index contributed by atoms with van der Waals surface area (Å²) in [5.41, 5.74) is 0.503. The van der Waals surface area contributed by atoms with Gasteiger partial charge in [0.25, 0.3) is 0 Å². The molecule has 1 rings (SSSR count). The minimum absolute atomic E-state index is 0.458. The van der Waals surface area contributed by atoms with Gasteiger partial charge in [-0.2, -0.15) is 0 Å². The van der Waals surface area contributed by atoms with Gasteiger partial charge in [-0.05, 0) is 55.3 Å². The molecule has 88 valence electrons. The average molecular weight is 287 g/mol. The van der Waals surface area contributed by atoms with Gasteiger partial charge < -0.3 is 4.74 Å². The molecule has 1 aromatic heterocycles. The molecule has 5 heteroatoms. The third-order valence-corrected chi connectivity index (χ3v) is 2.20. The Labute approximate surface area is 104 Å². The Morgan fingerprint density at radius 3 is 2.62 bits per heavy atom. The molecule has 1 N–H and O–H groups in total. The molecule has 0 saturated carbocycles. The van der Waals surface area contributed by atoms with E-state index in [0.29, 0.717) is 5.82 Å². The number of anilines is 1. The molecule has 1 heterocycles. The second kappa shape index (κ2) is 4.82. The molecule has 0 unspecified atom stereocenters. The Morgan fingerprint density at radius 2 is 2.12 bits per heavy atom. The lowest BCUT2D eigenvalue weighted by molar-refractivity contribution is 0.0635. The molecule has 0 radical (unpaired) electrons. The largest absolute Gasteiger partial charge is 0.444 e. The quantitative estimate of drug-likeness (QED) is 0.860. The fraction of sp³-hybridized carbons (Fsp3) is 0.455. The second-order valence-corrected chi connectivity index (χ2v) is 5.32. The number of hydrogen-bond donors (Lipinski definition) is 1. The van der Waals surface area contributed by atoms with Gasteiger partial charge in [0.1, 0.15) is 11.4 Å². The van der Waals surface area contributed by atoms with Crippen LogP contribution in [-0.2, 0) is 4.74 Å². The lowest BCUT2D eigenvalue weighted by Crippen LogP contribution is -2.27. The predicted molar refractivity (Wildman–Crippen MR) is 66.5 cm³/mol. The predicted octanol–water partition coefficient (Wildman–Crippen LogP) is 3.50. The summed E-state index contributed by atoms with van der Waals surface area (Å²) in [6, 6.07) is 1.87. The number of ether oxygens (including phenoxy) is 1. The molecule has 0 aliphatic heterocycles. The van der Waals surface area contributed by atoms with Crippen LogP contribution in [0.1, 0.15) is 26.3 Å². The van der Waals surface area contributed by atoms with Crippen molar-refractivity contribution in [2.24, 2.45) is 0 Å². The summed E-state index contributed by atoms with van der Waals surface area (Å²) in [7, 11) is 0. The summed E-state index contributed by atoms with van der Waals surface area (Å²) < 4.78 is 5.85. The number of carbonyl (C=O) groups excluding carboxylic acids is 1. The van der Waals surface area contributed by atoms with Crippen molar-refractivity contribution >= 4 is 27.8 Å². The zero-order valence-electron chi connectivity index (χ0n) is 9.80. The summed E-state index contributed by atoms with van der Waals surface area (Å²) in [5.74, 6) is 0.458. The highest BCUT2D eigenvalue weighted by Gasteiger charge is 2.17. The molecule has 0 spiro atoms. The molecule has 16 heavy (non-hydrogen) atoms. The number of halogens is 1. The van der Waals surface area contributed by atoms with Crippen LogP contribution < -0.4 is 5.32 Å². The summed E-state index contributed by atoms with van der Waals surface area (Å²) in [4.78, 5) is 15.6. The minimum atomic E-state index is -0.513. The first-order valence-electron chi connectivity index (χ1n) is 4.90. The number of pyridine rings is 1. The Kier molecular flexibility index (Phi) is 3.91. The van der Waals surface area contributed by atoms with Crippen molar-refractivity contribution < 1.29 is 9.53 Å². The topological polar surface area (TPSA) is 51.2 Å². The van der Waals surface area contributed by atoms with Crippen LogP contribution in [0.5, 0.6) is 0 Å². The molecule has 0 fully saturated rings. The normalized spacial score (nSPS) is 11.1. The molecular formula is C11H15BrN2O2. The van der Waals surface area contributed by atoms with E-state index in [-0.39, 0.29) is 0 Å². The first-order valence-corrected chi connectivity index (χ1v) is 5.69. The number of hydrogen-bond acceptors (Lipinski definition) is 3. The second-order valence-electron chi connectivity index (χ2n) is 4.47. The van der Waals surface area contributed by atoms with Gasteiger partial charge in [-0.3, -0.25) is 5.32 Å². The summed E-state index contributed by atoms with van der Waals surface area (Å²) in [5, 5.41) is 2.57. The maximum Gasteiger partial charge on any atom is 0.413 e. The zero-order valence-corrected chi connectivity index (χ0v) is 11.4. The van der Waals surface area contributed by atoms with Gasteiger partial charge in [-0.1, -0.05) is 0 Å². The molecule has 1 aromatic rings. The number of aromatic nitrogens is 1. The zero-order chi connectivity index (χ0) is 12.3. The van der Waals surface area contributed by atoms with Crippen molar-refractivity contribution in [3.05, 3.63) is 22.3 Å². The van der Waals surface area contributed by atoms with Crippen LogP contribution >= 0.6 is 15.9 Å². The van der Waals surface area contributed by atoms with Gasteiger partial charge >= 0.3 is 6.09 Å². The number of nitrogens with one attached hydrogen (secondary N) is 1. The number of carbonyl (C=O) groups is 1. The lowest BCUT2D eigenvalue weighted by atomic mass is 10.2. The smallest absolute Gasteiger partial charge is 0.413 e. The highest BCUT2D eigenvalue weighted by molar-refractivity contribution is 9.10. The third kappa shape index (κ3) is 4.18. The fourth-order valence-electron chi connectivity index (χ4n) is 1.03. The van der Waals surface area contributed by atoms with Crippen molar-refractivity contribution in [1.82, 2.24) is 4.98 Å². The SMILES string of the molecule is Cc1cnc(NC(=O)OC(C)(C)C)c(Br)c1. The van der Waals surface area contributed by atoms with Crippen LogP contribution in [-0.4, -0.2) is 16.7 Å². The van der Waals surface area contributed by atoms with Gasteiger partial charge in [0.15, 0.2) is 0 Å². The summed E-state index contributed by atoms with van der Waals surface area (Å²) in [6.07, 6.45) is 1.17. The standard InChI is InChI=1S/C11H15BrN2O2/c1-7-5-8(12)9(13-6-7)14-10(15)16-11(2,3)4/h5-6H,1-4H3,(H,13,14,15). The van der Waals surface area contributed by atoms with E-state index in [1.165, 1.54) is 0 Å². The molecule has 4 nitrogen and oxygen atoms in total. The average Bonchev–Trinajstić information content (AvgIpc) is 2.06. The number of nitrogens with zero attached hydrogens (tertiary/aromatic N) is 1. The van der Waals surface area contributed by atoms with Crippen LogP contribution in [0.2, 0.25) is 0 Å². The molecule has 1 amide bonds. The Balaban J connectivity index is 2.70. The number of aryl methyl sites for hydroxylation is 1. The van der Waals surface area contributed by atoms with E-state index in [1.807, 2.05) is 33.8 Å². The highest BCUT2D eigenvalue weighted by atomic mass is 79.9. The van der Waals surface area contributed by atoms with E-state index < -0.39 is 11.7 Å². The number of amides is 1. The van der Waals surface area contributed by atoms with Crippen LogP contribution in [0.25, 0.3) is 0 Å². The van der Waals surface area contributed by atoms with Crippen LogP contribution in [0.3, 0.4) is 0 Å². The van der Waals surface area contributed by atoms with E-state index in [4.69, 9.17) is 4.74 Å². The van der Waals surface area contributed by atoms with Crippen LogP contribution in [0.4, 0.5) is 10.6 Å². The monoisotopic (exact) mass is 286 g/mol. The molecule has 0 aliphatic carbocycles. The maximum atomic E-state index is 11.5. The fourth-order valence-corrected chi connectivity index (χ4v) is 1.59. The Morgan fingerprint density at radius 1 is 1.50 bits per heavy atom. The Bertz CT molecular complexity index is 399. The van der Waals surface area contributed by atoms with E-state index in [9.17, 15) is 4.79 Å². The minimum Gasteiger partial charge on any atom is -0.444 e. The van der Waals surface area contributed by atoms with Gasteiger partial charge in [0.2, 0.25) is 0 Å². The third-order valence-electron chi connectivity index (χ3n) is 1.60. The van der Waals surface area contributed by atoms with E-state index >= 15 is 0 Å². The summed E-state index contributed by atoms with van der Waals surface area (Å²) >= 11 is 3.32. The van der Waals surface area contributed by atoms with E-state index in [2.05, 4.69) is 26.2 Å². The maximum absolute atomic E-state index is 11.5. The first-order chi connectivity index (χ1) is 7.28. The van der Waals surface area contributed by atoms with Crippen molar-refractivity contribution in [1.29, 1.82) is 0 Å². The van der Waals surface area contributed by atoms with Gasteiger partial charge in [-0.25, -0.2) is 9.78 Å². The van der Waals surface area contributed by atoms with E-state index in [0.717, 1.165) is 10.0 Å². The molecule has 0 atom stereocenters. The molecule has 0 saturated heterocycles. The lowest BCUT2D eigenvalue weighted by Gasteiger charge is -2.19. The first kappa shape index (κ1) is 13.0. The van der Waals surface area contributed by atoms with Crippen LogP contribution in [0, 0.1) is 6.92 Å². The number of rotatable bonds is 1. The van der Waals surface area contributed by atoms with Crippen molar-refractivity contribution in [3.8, 4) is 0 Å². The molecule has 0 aliphatic rings. The molecule has 0 bridgehead atoms. The van der Waals surface area contributed by atoms with Gasteiger partial charge in [-0.15, -0.1) is 0 Å². The van der Waals surface area contributed by atoms with E-state index in [1.54, 1.807) is 6.20 Å². The molecule has 0 aromatic carbocycles. The van der Waals surface area contributed by atoms with Gasteiger partial charge in [0, 0.05) is 6.20 Å². The molecular weight excluding hydrogens is 272 g/mol.